The number of hydrogen-bond acceptors (Lipinski definition) is 6. The molecule has 3 aromatic carbocycles. The van der Waals surface area contributed by atoms with Crippen LogP contribution in [0.2, 0.25) is 5.02 Å². The summed E-state index contributed by atoms with van der Waals surface area (Å²) in [6, 6.07) is 17.2. The van der Waals surface area contributed by atoms with E-state index in [4.69, 9.17) is 26.2 Å². The molecule has 0 saturated carbocycles. The van der Waals surface area contributed by atoms with Crippen molar-refractivity contribution >= 4 is 46.3 Å². The van der Waals surface area contributed by atoms with Crippen molar-refractivity contribution < 1.29 is 29.3 Å². The lowest BCUT2D eigenvalue weighted by atomic mass is 9.99. The molecule has 1 unspecified atom stereocenters. The third-order valence-corrected chi connectivity index (χ3v) is 6.76. The van der Waals surface area contributed by atoms with Crippen LogP contribution >= 0.6 is 11.6 Å². The number of urea groups is 2. The van der Waals surface area contributed by atoms with Gasteiger partial charge in [-0.2, -0.15) is 0 Å². The zero-order chi connectivity index (χ0) is 29.4. The van der Waals surface area contributed by atoms with Crippen LogP contribution in [-0.4, -0.2) is 66.7 Å². The number of carbonyl (C=O) groups is 2. The van der Waals surface area contributed by atoms with E-state index in [0.717, 1.165) is 16.7 Å². The van der Waals surface area contributed by atoms with Gasteiger partial charge in [0.15, 0.2) is 0 Å². The van der Waals surface area contributed by atoms with E-state index in [-0.39, 0.29) is 18.7 Å². The van der Waals surface area contributed by atoms with Crippen LogP contribution in [0.4, 0.5) is 26.7 Å². The third kappa shape index (κ3) is 8.14. The predicted octanol–water partition coefficient (Wildman–Crippen LogP) is 5.35. The Morgan fingerprint density at radius 1 is 1.02 bits per heavy atom. The first-order valence-corrected chi connectivity index (χ1v) is 13.4. The van der Waals surface area contributed by atoms with Gasteiger partial charge in [0, 0.05) is 24.8 Å². The molecule has 4 rings (SSSR count). The maximum Gasteiger partial charge on any atom is 0.323 e. The first-order valence-electron chi connectivity index (χ1n) is 13.0. The number of aryl methyl sites for hydroxylation is 1. The number of hydrogen-bond donors (Lipinski definition) is 5. The van der Waals surface area contributed by atoms with Gasteiger partial charge in [-0.25, -0.2) is 9.59 Å². The summed E-state index contributed by atoms with van der Waals surface area (Å²) in [6.45, 7) is 2.42. The van der Waals surface area contributed by atoms with Crippen molar-refractivity contribution in [2.75, 3.05) is 49.4 Å². The van der Waals surface area contributed by atoms with E-state index in [1.165, 1.54) is 6.07 Å². The molecule has 5 N–H and O–H groups in total. The zero-order valence-electron chi connectivity index (χ0n) is 22.8. The number of nitrogens with zero attached hydrogens (tertiary/aromatic N) is 1. The molecule has 41 heavy (non-hydrogen) atoms. The highest BCUT2D eigenvalue weighted by Gasteiger charge is 2.19. The average molecular weight is 581 g/mol. The smallest absolute Gasteiger partial charge is 0.323 e. The average Bonchev–Trinajstić information content (AvgIpc) is 2.97. The number of carbonyl (C=O) groups excluding carboxylic acids is 2. The van der Waals surface area contributed by atoms with Gasteiger partial charge < -0.3 is 40.5 Å². The van der Waals surface area contributed by atoms with E-state index in [1.54, 1.807) is 30.2 Å². The number of halogens is 1. The molecule has 0 saturated heterocycles. The van der Waals surface area contributed by atoms with Crippen LogP contribution < -0.4 is 25.4 Å². The van der Waals surface area contributed by atoms with Gasteiger partial charge in [-0.1, -0.05) is 35.9 Å². The van der Waals surface area contributed by atoms with Crippen LogP contribution in [0.25, 0.3) is 5.57 Å². The van der Waals surface area contributed by atoms with Crippen LogP contribution in [0.1, 0.15) is 17.5 Å². The zero-order valence-corrected chi connectivity index (χ0v) is 23.6. The van der Waals surface area contributed by atoms with Gasteiger partial charge in [0.05, 0.1) is 30.1 Å². The van der Waals surface area contributed by atoms with Crippen LogP contribution in [-0.2, 0) is 0 Å². The van der Waals surface area contributed by atoms with Crippen molar-refractivity contribution in [3.05, 3.63) is 82.9 Å². The lowest BCUT2D eigenvalue weighted by Crippen LogP contribution is -2.37. The minimum absolute atomic E-state index is 0.0702. The summed E-state index contributed by atoms with van der Waals surface area (Å²) in [5.41, 5.74) is 4.80. The summed E-state index contributed by atoms with van der Waals surface area (Å²) in [4.78, 5) is 27.0. The summed E-state index contributed by atoms with van der Waals surface area (Å²) in [5, 5.41) is 27.1. The van der Waals surface area contributed by atoms with Gasteiger partial charge in [0.25, 0.3) is 0 Å². The summed E-state index contributed by atoms with van der Waals surface area (Å²) in [7, 11) is 1.55. The summed E-state index contributed by atoms with van der Waals surface area (Å²) < 4.78 is 10.7. The van der Waals surface area contributed by atoms with E-state index >= 15 is 0 Å². The van der Waals surface area contributed by atoms with Crippen molar-refractivity contribution in [3.8, 4) is 11.5 Å². The molecule has 1 aliphatic heterocycles. The standard InChI is InChI=1S/C30H33ClN4O6/c1-19-3-10-28(40-2)27(15-19)33-29(38)32-22-6-4-20(5-7-22)21-11-13-35(14-12-21)30(39)34-26-9-8-24(16-25(26)31)41-18-23(37)17-36/h3-11,15-16,23,36-37H,12-14,17-18H2,1-2H3,(H,34,39)(H2,32,33,38). The van der Waals surface area contributed by atoms with Gasteiger partial charge in [0.2, 0.25) is 0 Å². The fraction of sp³-hybridized carbons (Fsp3) is 0.267. The Hall–Kier alpha value is -4.25. The van der Waals surface area contributed by atoms with E-state index < -0.39 is 12.7 Å². The summed E-state index contributed by atoms with van der Waals surface area (Å²) >= 11 is 6.30. The number of aliphatic hydroxyl groups excluding tert-OH is 2. The molecule has 4 amide bonds. The first-order chi connectivity index (χ1) is 19.7. The highest BCUT2D eigenvalue weighted by molar-refractivity contribution is 6.33. The van der Waals surface area contributed by atoms with Crippen molar-refractivity contribution in [2.45, 2.75) is 19.4 Å². The van der Waals surface area contributed by atoms with Gasteiger partial charge in [-0.3, -0.25) is 0 Å². The molecule has 3 aromatic rings. The molecule has 0 aromatic heterocycles. The van der Waals surface area contributed by atoms with Gasteiger partial charge >= 0.3 is 12.1 Å². The Balaban J connectivity index is 1.29. The van der Waals surface area contributed by atoms with Crippen LogP contribution in [0.3, 0.4) is 0 Å². The Kier molecular flexibility index (Phi) is 10.1. The molecule has 0 spiro atoms. The second kappa shape index (κ2) is 13.9. The SMILES string of the molecule is COc1ccc(C)cc1NC(=O)Nc1ccc(C2=CCN(C(=O)Nc3ccc(OCC(O)CO)cc3Cl)CC2)cc1. The van der Waals surface area contributed by atoms with Gasteiger partial charge in [0.1, 0.15) is 24.2 Å². The largest absolute Gasteiger partial charge is 0.495 e. The monoisotopic (exact) mass is 580 g/mol. The Bertz CT molecular complexity index is 1410. The third-order valence-electron chi connectivity index (χ3n) is 6.45. The number of nitrogens with one attached hydrogen (secondary N) is 3. The fourth-order valence-corrected chi connectivity index (χ4v) is 4.43. The number of ether oxygens (including phenoxy) is 2. The molecule has 1 atom stereocenters. The number of anilines is 3. The van der Waals surface area contributed by atoms with E-state index in [0.29, 0.717) is 53.1 Å². The minimum Gasteiger partial charge on any atom is -0.495 e. The second-order valence-electron chi connectivity index (χ2n) is 9.50. The molecule has 216 valence electrons. The number of methoxy groups -OCH3 is 1. The molecular formula is C30H33ClN4O6. The van der Waals surface area contributed by atoms with Crippen LogP contribution in [0.5, 0.6) is 11.5 Å². The van der Waals surface area contributed by atoms with Gasteiger partial charge in [-0.05, 0) is 66.4 Å². The molecule has 0 radical (unpaired) electrons. The Labute approximate surface area is 243 Å². The lowest BCUT2D eigenvalue weighted by Gasteiger charge is -2.27. The molecular weight excluding hydrogens is 548 g/mol. The van der Waals surface area contributed by atoms with Gasteiger partial charge in [-0.15, -0.1) is 0 Å². The molecule has 11 heteroatoms. The summed E-state index contributed by atoms with van der Waals surface area (Å²) in [6.07, 6.45) is 1.69. The molecule has 1 aliphatic rings. The summed E-state index contributed by atoms with van der Waals surface area (Å²) in [5.74, 6) is 0.995. The molecule has 0 fully saturated rings. The van der Waals surface area contributed by atoms with Crippen molar-refractivity contribution in [1.29, 1.82) is 0 Å². The Morgan fingerprint density at radius 2 is 1.80 bits per heavy atom. The maximum absolute atomic E-state index is 12.8. The number of aliphatic hydroxyl groups is 2. The van der Waals surface area contributed by atoms with E-state index in [9.17, 15) is 14.7 Å². The molecule has 0 aliphatic carbocycles. The fourth-order valence-electron chi connectivity index (χ4n) is 4.21. The Morgan fingerprint density at radius 3 is 2.46 bits per heavy atom. The number of rotatable bonds is 9. The second-order valence-corrected chi connectivity index (χ2v) is 9.91. The minimum atomic E-state index is -0.985. The van der Waals surface area contributed by atoms with Crippen molar-refractivity contribution in [3.63, 3.8) is 0 Å². The molecule has 0 bridgehead atoms. The predicted molar refractivity (Wildman–Crippen MR) is 160 cm³/mol. The normalized spacial score (nSPS) is 13.6. The first kappa shape index (κ1) is 29.7. The highest BCUT2D eigenvalue weighted by atomic mass is 35.5. The maximum atomic E-state index is 12.8. The number of benzene rings is 3. The van der Waals surface area contributed by atoms with E-state index in [1.807, 2.05) is 49.4 Å². The van der Waals surface area contributed by atoms with Crippen LogP contribution in [0.15, 0.2) is 66.7 Å². The van der Waals surface area contributed by atoms with Crippen molar-refractivity contribution in [1.82, 2.24) is 4.90 Å². The molecule has 10 nitrogen and oxygen atoms in total. The van der Waals surface area contributed by atoms with Crippen LogP contribution in [0, 0.1) is 6.92 Å². The lowest BCUT2D eigenvalue weighted by molar-refractivity contribution is 0.0536. The quantitative estimate of drug-likeness (QED) is 0.232. The molecule has 1 heterocycles. The number of amides is 4. The topological polar surface area (TPSA) is 132 Å². The van der Waals surface area contributed by atoms with Crippen molar-refractivity contribution in [2.24, 2.45) is 0 Å². The van der Waals surface area contributed by atoms with E-state index in [2.05, 4.69) is 16.0 Å². The highest BCUT2D eigenvalue weighted by Crippen LogP contribution is 2.29.